The van der Waals surface area contributed by atoms with Crippen LogP contribution < -0.4 is 11.1 Å². The van der Waals surface area contributed by atoms with Crippen molar-refractivity contribution in [1.29, 1.82) is 0 Å². The maximum atomic E-state index is 12.8. The minimum atomic E-state index is -0.447. The van der Waals surface area contributed by atoms with Crippen LogP contribution in [0, 0.1) is 5.82 Å². The van der Waals surface area contributed by atoms with E-state index in [9.17, 15) is 9.18 Å². The van der Waals surface area contributed by atoms with Gasteiger partial charge in [0.05, 0.1) is 24.1 Å². The summed E-state index contributed by atoms with van der Waals surface area (Å²) in [4.78, 5) is 11.6. The summed E-state index contributed by atoms with van der Waals surface area (Å²) in [5, 5.41) is 2.55. The van der Waals surface area contributed by atoms with Crippen LogP contribution in [0.1, 0.15) is 13.8 Å². The Morgan fingerprint density at radius 1 is 1.53 bits per heavy atom. The van der Waals surface area contributed by atoms with Gasteiger partial charge in [-0.3, -0.25) is 4.79 Å². The third-order valence-corrected chi connectivity index (χ3v) is 2.34. The number of anilines is 2. The first-order chi connectivity index (χ1) is 9.02. The number of hydrogen-bond acceptors (Lipinski definition) is 4. The first-order valence-corrected chi connectivity index (χ1v) is 6.07. The molecule has 0 saturated heterocycles. The first-order valence-electron chi connectivity index (χ1n) is 6.07. The number of hydrogen-bond donors (Lipinski definition) is 2. The molecule has 19 heavy (non-hydrogen) atoms. The van der Waals surface area contributed by atoms with E-state index < -0.39 is 5.82 Å². The molecule has 0 heterocycles. The predicted octanol–water partition coefficient (Wildman–Crippen LogP) is 1.79. The van der Waals surface area contributed by atoms with Crippen molar-refractivity contribution in [3.63, 3.8) is 0 Å². The molecule has 1 aromatic carbocycles. The lowest BCUT2D eigenvalue weighted by Crippen LogP contribution is -2.24. The Morgan fingerprint density at radius 2 is 2.26 bits per heavy atom. The maximum Gasteiger partial charge on any atom is 0.250 e. The number of amides is 1. The van der Waals surface area contributed by atoms with E-state index in [0.29, 0.717) is 18.9 Å². The average Bonchev–Trinajstić information content (AvgIpc) is 2.37. The molecule has 5 nitrogen and oxygen atoms in total. The van der Waals surface area contributed by atoms with Crippen molar-refractivity contribution in [2.24, 2.45) is 0 Å². The molecule has 0 aliphatic carbocycles. The Kier molecular flexibility index (Phi) is 6.24. The van der Waals surface area contributed by atoms with E-state index in [0.717, 1.165) is 6.07 Å². The number of halogens is 1. The van der Waals surface area contributed by atoms with Gasteiger partial charge >= 0.3 is 0 Å². The fraction of sp³-hybridized carbons (Fsp3) is 0.462. The number of nitrogens with one attached hydrogen (secondary N) is 1. The number of nitrogen functional groups attached to an aromatic ring is 1. The van der Waals surface area contributed by atoms with Crippen LogP contribution in [-0.4, -0.2) is 31.8 Å². The van der Waals surface area contributed by atoms with E-state index >= 15 is 0 Å². The van der Waals surface area contributed by atoms with Gasteiger partial charge in [0.15, 0.2) is 0 Å². The van der Waals surface area contributed by atoms with Gasteiger partial charge in [-0.05, 0) is 32.0 Å². The van der Waals surface area contributed by atoms with Gasteiger partial charge in [0, 0.05) is 6.61 Å². The molecule has 1 atom stereocenters. The van der Waals surface area contributed by atoms with E-state index in [2.05, 4.69) is 5.32 Å². The number of benzene rings is 1. The topological polar surface area (TPSA) is 73.6 Å². The highest BCUT2D eigenvalue weighted by Gasteiger charge is 2.09. The number of rotatable bonds is 7. The van der Waals surface area contributed by atoms with Gasteiger partial charge < -0.3 is 20.5 Å². The van der Waals surface area contributed by atoms with Crippen LogP contribution in [-0.2, 0) is 14.3 Å². The standard InChI is InChI=1S/C13H19FN2O3/c1-3-18-7-9(2)19-8-13(17)16-12-5-4-10(14)6-11(12)15/h4-6,9H,3,7-8,15H2,1-2H3,(H,16,17). The van der Waals surface area contributed by atoms with E-state index in [4.69, 9.17) is 15.2 Å². The summed E-state index contributed by atoms with van der Waals surface area (Å²) in [6, 6.07) is 3.78. The van der Waals surface area contributed by atoms with Crippen molar-refractivity contribution in [1.82, 2.24) is 0 Å². The second-order valence-corrected chi connectivity index (χ2v) is 4.06. The van der Waals surface area contributed by atoms with Gasteiger partial charge in [-0.25, -0.2) is 4.39 Å². The highest BCUT2D eigenvalue weighted by molar-refractivity contribution is 5.94. The highest BCUT2D eigenvalue weighted by Crippen LogP contribution is 2.18. The molecule has 106 valence electrons. The molecule has 0 radical (unpaired) electrons. The zero-order valence-corrected chi connectivity index (χ0v) is 11.1. The van der Waals surface area contributed by atoms with Crippen molar-refractivity contribution < 1.29 is 18.7 Å². The largest absolute Gasteiger partial charge is 0.397 e. The Bertz CT molecular complexity index is 426. The number of carbonyl (C=O) groups is 1. The van der Waals surface area contributed by atoms with Crippen LogP contribution in [0.2, 0.25) is 0 Å². The molecule has 1 rings (SSSR count). The lowest BCUT2D eigenvalue weighted by Gasteiger charge is -2.13. The first kappa shape index (κ1) is 15.4. The zero-order valence-electron chi connectivity index (χ0n) is 11.1. The average molecular weight is 270 g/mol. The van der Waals surface area contributed by atoms with Crippen LogP contribution in [0.3, 0.4) is 0 Å². The summed E-state index contributed by atoms with van der Waals surface area (Å²) in [5.41, 5.74) is 6.12. The summed E-state index contributed by atoms with van der Waals surface area (Å²) < 4.78 is 23.3. The normalized spacial score (nSPS) is 12.2. The number of ether oxygens (including phenoxy) is 2. The molecular weight excluding hydrogens is 251 g/mol. The van der Waals surface area contributed by atoms with Crippen molar-refractivity contribution in [3.8, 4) is 0 Å². The Hall–Kier alpha value is -1.66. The van der Waals surface area contributed by atoms with Crippen LogP contribution >= 0.6 is 0 Å². The second-order valence-electron chi connectivity index (χ2n) is 4.06. The molecule has 1 aromatic rings. The number of nitrogens with two attached hydrogens (primary N) is 1. The summed E-state index contributed by atoms with van der Waals surface area (Å²) in [5.74, 6) is -0.793. The van der Waals surface area contributed by atoms with E-state index in [1.54, 1.807) is 0 Å². The Balaban J connectivity index is 2.38. The smallest absolute Gasteiger partial charge is 0.250 e. The minimum Gasteiger partial charge on any atom is -0.397 e. The zero-order chi connectivity index (χ0) is 14.3. The third kappa shape index (κ3) is 5.67. The fourth-order valence-electron chi connectivity index (χ4n) is 1.38. The third-order valence-electron chi connectivity index (χ3n) is 2.34. The second kappa shape index (κ2) is 7.70. The molecule has 0 aliphatic heterocycles. The maximum absolute atomic E-state index is 12.8. The van der Waals surface area contributed by atoms with E-state index in [1.165, 1.54) is 12.1 Å². The highest BCUT2D eigenvalue weighted by atomic mass is 19.1. The Morgan fingerprint density at radius 3 is 2.89 bits per heavy atom. The van der Waals surface area contributed by atoms with E-state index in [-0.39, 0.29) is 24.3 Å². The van der Waals surface area contributed by atoms with E-state index in [1.807, 2.05) is 13.8 Å². The predicted molar refractivity (Wildman–Crippen MR) is 71.3 cm³/mol. The molecule has 0 aliphatic rings. The van der Waals surface area contributed by atoms with Crippen LogP contribution in [0.5, 0.6) is 0 Å². The Labute approximate surface area is 111 Å². The lowest BCUT2D eigenvalue weighted by atomic mass is 10.2. The van der Waals surface area contributed by atoms with Gasteiger partial charge in [-0.15, -0.1) is 0 Å². The molecule has 0 aromatic heterocycles. The molecule has 0 saturated carbocycles. The number of carbonyl (C=O) groups excluding carboxylic acids is 1. The van der Waals surface area contributed by atoms with Gasteiger partial charge in [-0.1, -0.05) is 0 Å². The minimum absolute atomic E-state index is 0.106. The van der Waals surface area contributed by atoms with Crippen LogP contribution in [0.15, 0.2) is 18.2 Å². The summed E-state index contributed by atoms with van der Waals surface area (Å²) >= 11 is 0. The van der Waals surface area contributed by atoms with Crippen molar-refractivity contribution >= 4 is 17.3 Å². The summed E-state index contributed by atoms with van der Waals surface area (Å²) in [6.07, 6.45) is -0.170. The molecule has 0 spiro atoms. The summed E-state index contributed by atoms with van der Waals surface area (Å²) in [7, 11) is 0. The van der Waals surface area contributed by atoms with Gasteiger partial charge in [0.25, 0.3) is 0 Å². The molecule has 6 heteroatoms. The molecule has 0 bridgehead atoms. The van der Waals surface area contributed by atoms with Gasteiger partial charge in [0.2, 0.25) is 5.91 Å². The quantitative estimate of drug-likeness (QED) is 0.741. The van der Waals surface area contributed by atoms with Crippen molar-refractivity contribution in [2.75, 3.05) is 30.9 Å². The lowest BCUT2D eigenvalue weighted by molar-refractivity contribution is -0.123. The SMILES string of the molecule is CCOCC(C)OCC(=O)Nc1ccc(F)cc1N. The van der Waals surface area contributed by atoms with Crippen LogP contribution in [0.4, 0.5) is 15.8 Å². The summed E-state index contributed by atoms with van der Waals surface area (Å²) in [6.45, 7) is 4.63. The van der Waals surface area contributed by atoms with Crippen molar-refractivity contribution in [2.45, 2.75) is 20.0 Å². The fourth-order valence-corrected chi connectivity index (χ4v) is 1.38. The monoisotopic (exact) mass is 270 g/mol. The molecular formula is C13H19FN2O3. The van der Waals surface area contributed by atoms with Crippen molar-refractivity contribution in [3.05, 3.63) is 24.0 Å². The molecule has 1 unspecified atom stereocenters. The molecule has 0 fully saturated rings. The molecule has 3 N–H and O–H groups in total. The van der Waals surface area contributed by atoms with Gasteiger partial charge in [-0.2, -0.15) is 0 Å². The molecule has 1 amide bonds. The van der Waals surface area contributed by atoms with Crippen LogP contribution in [0.25, 0.3) is 0 Å². The van der Waals surface area contributed by atoms with Gasteiger partial charge in [0.1, 0.15) is 12.4 Å².